The van der Waals surface area contributed by atoms with E-state index in [9.17, 15) is 4.79 Å². The van der Waals surface area contributed by atoms with Crippen LogP contribution in [0.15, 0.2) is 35.2 Å². The first-order valence-electron chi connectivity index (χ1n) is 7.19. The Morgan fingerprint density at radius 3 is 2.76 bits per heavy atom. The maximum absolute atomic E-state index is 12.2. The van der Waals surface area contributed by atoms with E-state index >= 15 is 0 Å². The van der Waals surface area contributed by atoms with Crippen molar-refractivity contribution in [3.8, 4) is 0 Å². The van der Waals surface area contributed by atoms with Crippen LogP contribution in [0.5, 0.6) is 0 Å². The van der Waals surface area contributed by atoms with Crippen molar-refractivity contribution >= 4 is 22.9 Å². The average Bonchev–Trinajstić information content (AvgIpc) is 3.00. The molecule has 1 amide bonds. The number of benzene rings is 1. The number of carbonyl (C=O) groups is 1. The minimum Gasteiger partial charge on any atom is -0.368 e. The molecule has 0 unspecified atom stereocenters. The van der Waals surface area contributed by atoms with Crippen molar-refractivity contribution in [3.63, 3.8) is 0 Å². The highest BCUT2D eigenvalue weighted by Crippen LogP contribution is 2.18. The first-order valence-corrected chi connectivity index (χ1v) is 8.13. The Balaban J connectivity index is 1.56. The molecule has 0 aliphatic carbocycles. The van der Waals surface area contributed by atoms with E-state index in [1.54, 1.807) is 5.51 Å². The smallest absolute Gasteiger partial charge is 0.228 e. The quantitative estimate of drug-likeness (QED) is 0.873. The summed E-state index contributed by atoms with van der Waals surface area (Å²) in [5.74, 6) is 0.185. The van der Waals surface area contributed by atoms with Crippen LogP contribution >= 0.6 is 11.3 Å². The van der Waals surface area contributed by atoms with E-state index < -0.39 is 0 Å². The van der Waals surface area contributed by atoms with Crippen LogP contribution < -0.4 is 4.90 Å². The third-order valence-electron chi connectivity index (χ3n) is 3.81. The molecule has 0 spiro atoms. The molecule has 4 nitrogen and oxygen atoms in total. The van der Waals surface area contributed by atoms with Crippen LogP contribution in [0.3, 0.4) is 0 Å². The highest BCUT2D eigenvalue weighted by Gasteiger charge is 2.21. The van der Waals surface area contributed by atoms with Crippen molar-refractivity contribution in [2.45, 2.75) is 13.3 Å². The van der Waals surface area contributed by atoms with Gasteiger partial charge in [-0.1, -0.05) is 12.1 Å². The molecular weight excluding hydrogens is 282 g/mol. The molecule has 1 aromatic carbocycles. The molecule has 1 aliphatic heterocycles. The minimum atomic E-state index is 0.185. The molecule has 0 bridgehead atoms. The topological polar surface area (TPSA) is 36.4 Å². The molecule has 0 radical (unpaired) electrons. The summed E-state index contributed by atoms with van der Waals surface area (Å²) < 4.78 is 0. The van der Waals surface area contributed by atoms with Crippen LogP contribution in [0.2, 0.25) is 0 Å². The maximum Gasteiger partial charge on any atom is 0.228 e. The van der Waals surface area contributed by atoms with Gasteiger partial charge in [0, 0.05) is 37.2 Å². The Hall–Kier alpha value is -1.88. The summed E-state index contributed by atoms with van der Waals surface area (Å²) in [5, 5.41) is 1.95. The predicted octanol–water partition coefficient (Wildman–Crippen LogP) is 2.34. The lowest BCUT2D eigenvalue weighted by molar-refractivity contribution is -0.130. The van der Waals surface area contributed by atoms with Crippen LogP contribution in [0.4, 0.5) is 5.69 Å². The van der Waals surface area contributed by atoms with E-state index in [2.05, 4.69) is 41.1 Å². The zero-order valence-corrected chi connectivity index (χ0v) is 13.0. The number of aryl methyl sites for hydroxylation is 1. The van der Waals surface area contributed by atoms with Crippen molar-refractivity contribution in [2.24, 2.45) is 0 Å². The number of amides is 1. The lowest BCUT2D eigenvalue weighted by atomic mass is 10.2. The van der Waals surface area contributed by atoms with Gasteiger partial charge in [0.2, 0.25) is 5.91 Å². The number of hydrogen-bond acceptors (Lipinski definition) is 4. The van der Waals surface area contributed by atoms with Crippen LogP contribution in [0, 0.1) is 6.92 Å². The molecule has 0 N–H and O–H groups in total. The summed E-state index contributed by atoms with van der Waals surface area (Å²) in [6.45, 7) is 5.48. The van der Waals surface area contributed by atoms with Crippen molar-refractivity contribution in [2.75, 3.05) is 31.1 Å². The van der Waals surface area contributed by atoms with Crippen LogP contribution in [-0.2, 0) is 11.2 Å². The largest absolute Gasteiger partial charge is 0.368 e. The predicted molar refractivity (Wildman–Crippen MR) is 85.8 cm³/mol. The molecule has 0 atom stereocenters. The Bertz CT molecular complexity index is 604. The molecule has 3 rings (SSSR count). The number of carbonyl (C=O) groups excluding carboxylic acids is 1. The lowest BCUT2D eigenvalue weighted by Crippen LogP contribution is -2.49. The second-order valence-corrected chi connectivity index (χ2v) is 6.08. The van der Waals surface area contributed by atoms with Gasteiger partial charge in [-0.3, -0.25) is 4.79 Å². The molecule has 5 heteroatoms. The molecule has 2 aromatic rings. The highest BCUT2D eigenvalue weighted by molar-refractivity contribution is 7.07. The molecule has 110 valence electrons. The second kappa shape index (κ2) is 6.26. The first kappa shape index (κ1) is 14.1. The summed E-state index contributed by atoms with van der Waals surface area (Å²) in [7, 11) is 0. The molecule has 1 aliphatic rings. The average molecular weight is 301 g/mol. The second-order valence-electron chi connectivity index (χ2n) is 5.36. The van der Waals surface area contributed by atoms with Gasteiger partial charge < -0.3 is 9.80 Å². The van der Waals surface area contributed by atoms with Crippen molar-refractivity contribution in [1.29, 1.82) is 0 Å². The fourth-order valence-electron chi connectivity index (χ4n) is 2.63. The van der Waals surface area contributed by atoms with Gasteiger partial charge in [-0.15, -0.1) is 11.3 Å². The van der Waals surface area contributed by atoms with E-state index in [-0.39, 0.29) is 5.91 Å². The number of rotatable bonds is 3. The monoisotopic (exact) mass is 301 g/mol. The zero-order valence-electron chi connectivity index (χ0n) is 12.2. The third kappa shape index (κ3) is 3.42. The molecule has 2 heterocycles. The van der Waals surface area contributed by atoms with E-state index in [0.29, 0.717) is 6.42 Å². The Kier molecular flexibility index (Phi) is 4.20. The Morgan fingerprint density at radius 2 is 2.10 bits per heavy atom. The van der Waals surface area contributed by atoms with Gasteiger partial charge in [0.15, 0.2) is 0 Å². The summed E-state index contributed by atoms with van der Waals surface area (Å²) >= 11 is 1.54. The summed E-state index contributed by atoms with van der Waals surface area (Å²) in [5.41, 5.74) is 5.18. The number of aromatic nitrogens is 1. The fraction of sp³-hybridized carbons (Fsp3) is 0.375. The number of anilines is 1. The summed E-state index contributed by atoms with van der Waals surface area (Å²) in [6, 6.07) is 8.54. The molecular formula is C16H19N3OS. The fourth-order valence-corrected chi connectivity index (χ4v) is 3.19. The van der Waals surface area contributed by atoms with E-state index in [1.165, 1.54) is 22.6 Å². The number of hydrogen-bond donors (Lipinski definition) is 0. The van der Waals surface area contributed by atoms with Gasteiger partial charge in [0.05, 0.1) is 17.6 Å². The maximum atomic E-state index is 12.2. The van der Waals surface area contributed by atoms with Gasteiger partial charge >= 0.3 is 0 Å². The Morgan fingerprint density at radius 1 is 1.29 bits per heavy atom. The van der Waals surface area contributed by atoms with Gasteiger partial charge in [0.25, 0.3) is 0 Å². The minimum absolute atomic E-state index is 0.185. The third-order valence-corrected chi connectivity index (χ3v) is 4.45. The standard InChI is InChI=1S/C16H19N3OS/c1-13-3-2-4-15(9-13)18-5-7-19(8-6-18)16(20)10-14-11-21-12-17-14/h2-4,9,11-12H,5-8,10H2,1H3. The van der Waals surface area contributed by atoms with Gasteiger partial charge in [0.1, 0.15) is 0 Å². The van der Waals surface area contributed by atoms with Crippen LogP contribution in [0.1, 0.15) is 11.3 Å². The highest BCUT2D eigenvalue weighted by atomic mass is 32.1. The van der Waals surface area contributed by atoms with Crippen molar-refractivity contribution < 1.29 is 4.79 Å². The van der Waals surface area contributed by atoms with Gasteiger partial charge in [-0.2, -0.15) is 0 Å². The zero-order chi connectivity index (χ0) is 14.7. The first-order chi connectivity index (χ1) is 10.2. The molecule has 1 saturated heterocycles. The molecule has 21 heavy (non-hydrogen) atoms. The van der Waals surface area contributed by atoms with E-state index in [1.807, 2.05) is 10.3 Å². The number of thiazole rings is 1. The molecule has 0 saturated carbocycles. The lowest BCUT2D eigenvalue weighted by Gasteiger charge is -2.36. The normalized spacial score (nSPS) is 15.3. The Labute approximate surface area is 129 Å². The molecule has 1 fully saturated rings. The van der Waals surface area contributed by atoms with Crippen LogP contribution in [0.25, 0.3) is 0 Å². The number of nitrogens with zero attached hydrogens (tertiary/aromatic N) is 3. The van der Waals surface area contributed by atoms with E-state index in [0.717, 1.165) is 31.9 Å². The SMILES string of the molecule is Cc1cccc(N2CCN(C(=O)Cc3cscn3)CC2)c1. The number of piperazine rings is 1. The summed E-state index contributed by atoms with van der Waals surface area (Å²) in [4.78, 5) is 20.7. The van der Waals surface area contributed by atoms with Crippen molar-refractivity contribution in [3.05, 3.63) is 46.4 Å². The van der Waals surface area contributed by atoms with Crippen molar-refractivity contribution in [1.82, 2.24) is 9.88 Å². The van der Waals surface area contributed by atoms with Crippen LogP contribution in [-0.4, -0.2) is 42.0 Å². The van der Waals surface area contributed by atoms with Gasteiger partial charge in [-0.05, 0) is 24.6 Å². The molecule has 1 aromatic heterocycles. The summed E-state index contributed by atoms with van der Waals surface area (Å²) in [6.07, 6.45) is 0.425. The van der Waals surface area contributed by atoms with E-state index in [4.69, 9.17) is 0 Å². The van der Waals surface area contributed by atoms with Gasteiger partial charge in [-0.25, -0.2) is 4.98 Å².